The summed E-state index contributed by atoms with van der Waals surface area (Å²) in [5.74, 6) is 0.366. The number of esters is 1. The van der Waals surface area contributed by atoms with Gasteiger partial charge in [0.25, 0.3) is 0 Å². The molecule has 0 aliphatic carbocycles. The molecule has 0 fully saturated rings. The number of ether oxygens (including phenoxy) is 2. The second kappa shape index (κ2) is 8.31. The number of aromatic nitrogens is 2. The number of imidazole rings is 1. The highest BCUT2D eigenvalue weighted by Crippen LogP contribution is 2.39. The van der Waals surface area contributed by atoms with Gasteiger partial charge in [-0.15, -0.1) is 11.8 Å². The number of para-hydroxylation sites is 2. The molecule has 3 aromatic rings. The van der Waals surface area contributed by atoms with Gasteiger partial charge in [0.15, 0.2) is 0 Å². The van der Waals surface area contributed by atoms with Gasteiger partial charge < -0.3 is 14.8 Å². The van der Waals surface area contributed by atoms with E-state index in [-0.39, 0.29) is 18.6 Å². The van der Waals surface area contributed by atoms with Crippen LogP contribution in [-0.4, -0.2) is 42.1 Å². The third-order valence-corrected chi connectivity index (χ3v) is 5.75. The Morgan fingerprint density at radius 3 is 2.66 bits per heavy atom. The molecule has 0 unspecified atom stereocenters. The summed E-state index contributed by atoms with van der Waals surface area (Å²) in [5.41, 5.74) is 4.17. The Morgan fingerprint density at radius 2 is 1.93 bits per heavy atom. The highest BCUT2D eigenvalue weighted by atomic mass is 32.2. The Bertz CT molecular complexity index is 1070. The summed E-state index contributed by atoms with van der Waals surface area (Å²) in [4.78, 5) is 18.9. The molecule has 0 bridgehead atoms. The number of carbonyl (C=O) groups is 1. The van der Waals surface area contributed by atoms with Crippen molar-refractivity contribution < 1.29 is 14.3 Å². The third kappa shape index (κ3) is 3.63. The van der Waals surface area contributed by atoms with Crippen LogP contribution in [0.3, 0.4) is 0 Å². The van der Waals surface area contributed by atoms with Crippen molar-refractivity contribution in [2.24, 2.45) is 0 Å². The molecule has 7 heteroatoms. The molecule has 0 amide bonds. The molecule has 1 aliphatic heterocycles. The highest BCUT2D eigenvalue weighted by molar-refractivity contribution is 7.98. The van der Waals surface area contributed by atoms with Crippen LogP contribution in [0, 0.1) is 0 Å². The summed E-state index contributed by atoms with van der Waals surface area (Å²) in [5, 5.41) is 3.29. The van der Waals surface area contributed by atoms with Gasteiger partial charge in [0.1, 0.15) is 6.61 Å². The van der Waals surface area contributed by atoms with Crippen LogP contribution in [0.4, 0.5) is 5.95 Å². The quantitative estimate of drug-likeness (QED) is 0.373. The van der Waals surface area contributed by atoms with Crippen LogP contribution in [0.5, 0.6) is 0 Å². The minimum absolute atomic E-state index is 0.210. The van der Waals surface area contributed by atoms with Gasteiger partial charge in [-0.2, -0.15) is 0 Å². The van der Waals surface area contributed by atoms with E-state index in [1.165, 1.54) is 4.90 Å². The van der Waals surface area contributed by atoms with E-state index in [2.05, 4.69) is 34.1 Å². The number of nitrogens with one attached hydrogen (secondary N) is 1. The monoisotopic (exact) mass is 409 g/mol. The highest BCUT2D eigenvalue weighted by Gasteiger charge is 2.34. The average Bonchev–Trinajstić information content (AvgIpc) is 3.10. The van der Waals surface area contributed by atoms with Crippen molar-refractivity contribution in [3.63, 3.8) is 0 Å². The van der Waals surface area contributed by atoms with E-state index in [0.29, 0.717) is 12.2 Å². The van der Waals surface area contributed by atoms with Crippen LogP contribution in [0.15, 0.2) is 64.7 Å². The first-order valence-corrected chi connectivity index (χ1v) is 10.6. The Labute approximate surface area is 173 Å². The molecule has 6 nitrogen and oxygen atoms in total. The topological polar surface area (TPSA) is 65.4 Å². The molecular formula is C22H23N3O3S. The predicted molar refractivity (Wildman–Crippen MR) is 115 cm³/mol. The van der Waals surface area contributed by atoms with Crippen LogP contribution in [-0.2, 0) is 14.3 Å². The Morgan fingerprint density at radius 1 is 1.17 bits per heavy atom. The van der Waals surface area contributed by atoms with E-state index in [9.17, 15) is 4.79 Å². The maximum absolute atomic E-state index is 13.0. The van der Waals surface area contributed by atoms with Crippen molar-refractivity contribution in [2.75, 3.05) is 31.9 Å². The van der Waals surface area contributed by atoms with Crippen LogP contribution >= 0.6 is 11.8 Å². The molecule has 29 heavy (non-hydrogen) atoms. The van der Waals surface area contributed by atoms with E-state index in [0.717, 1.165) is 28.2 Å². The minimum Gasteiger partial charge on any atom is -0.460 e. The standard InChI is InChI=1S/C22H23N3O3S/c1-14-19(21(26)28-13-12-27-2)20(15-8-10-16(29-3)11-9-15)25-18-7-5-4-6-17(18)24-22(25)23-14/h4-11,20H,12-13H2,1-3H3,(H,23,24)/t20-/m1/s1. The molecule has 1 aromatic heterocycles. The van der Waals surface area contributed by atoms with Crippen LogP contribution in [0.2, 0.25) is 0 Å². The van der Waals surface area contributed by atoms with Crippen molar-refractivity contribution in [3.8, 4) is 0 Å². The van der Waals surface area contributed by atoms with E-state index in [1.807, 2.05) is 37.4 Å². The first-order valence-electron chi connectivity index (χ1n) is 9.38. The fourth-order valence-electron chi connectivity index (χ4n) is 3.63. The number of nitrogens with zero attached hydrogens (tertiary/aromatic N) is 2. The van der Waals surface area contributed by atoms with Crippen molar-refractivity contribution in [3.05, 3.63) is 65.4 Å². The largest absolute Gasteiger partial charge is 0.460 e. The molecule has 0 spiro atoms. The smallest absolute Gasteiger partial charge is 0.338 e. The molecule has 150 valence electrons. The summed E-state index contributed by atoms with van der Waals surface area (Å²) < 4.78 is 12.6. The zero-order chi connectivity index (χ0) is 20.4. The zero-order valence-corrected chi connectivity index (χ0v) is 17.5. The number of thioether (sulfide) groups is 1. The van der Waals surface area contributed by atoms with E-state index >= 15 is 0 Å². The Balaban J connectivity index is 1.85. The van der Waals surface area contributed by atoms with Gasteiger partial charge in [-0.1, -0.05) is 24.3 Å². The number of allylic oxidation sites excluding steroid dienone is 1. The number of methoxy groups -OCH3 is 1. The van der Waals surface area contributed by atoms with Gasteiger partial charge in [0.2, 0.25) is 5.95 Å². The molecule has 1 aliphatic rings. The normalized spacial score (nSPS) is 15.9. The molecule has 2 heterocycles. The lowest BCUT2D eigenvalue weighted by atomic mass is 9.95. The van der Waals surface area contributed by atoms with E-state index in [4.69, 9.17) is 14.5 Å². The van der Waals surface area contributed by atoms with Gasteiger partial charge in [0, 0.05) is 17.7 Å². The fraction of sp³-hybridized carbons (Fsp3) is 0.273. The summed E-state index contributed by atoms with van der Waals surface area (Å²) in [6.45, 7) is 2.46. The van der Waals surface area contributed by atoms with Crippen molar-refractivity contribution in [2.45, 2.75) is 17.9 Å². The summed E-state index contributed by atoms with van der Waals surface area (Å²) in [7, 11) is 1.58. The summed E-state index contributed by atoms with van der Waals surface area (Å²) >= 11 is 1.69. The number of hydrogen-bond donors (Lipinski definition) is 1. The lowest BCUT2D eigenvalue weighted by Gasteiger charge is -2.30. The van der Waals surface area contributed by atoms with Crippen LogP contribution < -0.4 is 5.32 Å². The number of anilines is 1. The second-order valence-corrected chi connectivity index (χ2v) is 7.64. The summed E-state index contributed by atoms with van der Waals surface area (Å²) in [6.07, 6.45) is 2.05. The Hall–Kier alpha value is -2.77. The van der Waals surface area contributed by atoms with Crippen LogP contribution in [0.1, 0.15) is 18.5 Å². The van der Waals surface area contributed by atoms with Gasteiger partial charge in [0.05, 0.1) is 29.3 Å². The lowest BCUT2D eigenvalue weighted by Crippen LogP contribution is -2.29. The van der Waals surface area contributed by atoms with E-state index in [1.54, 1.807) is 18.9 Å². The van der Waals surface area contributed by atoms with Crippen molar-refractivity contribution >= 4 is 34.7 Å². The Kier molecular flexibility index (Phi) is 5.60. The molecule has 1 N–H and O–H groups in total. The molecule has 0 saturated carbocycles. The number of benzene rings is 2. The van der Waals surface area contributed by atoms with Gasteiger partial charge in [-0.25, -0.2) is 9.78 Å². The molecule has 4 rings (SSSR count). The first kappa shape index (κ1) is 19.5. The molecule has 0 saturated heterocycles. The van der Waals surface area contributed by atoms with Gasteiger partial charge in [-0.05, 0) is 43.0 Å². The number of fused-ring (bicyclic) bond motifs is 3. The van der Waals surface area contributed by atoms with Gasteiger partial charge >= 0.3 is 5.97 Å². The molecular weight excluding hydrogens is 386 g/mol. The van der Waals surface area contributed by atoms with Crippen molar-refractivity contribution in [1.82, 2.24) is 9.55 Å². The molecule has 1 atom stereocenters. The van der Waals surface area contributed by atoms with Gasteiger partial charge in [-0.3, -0.25) is 4.57 Å². The predicted octanol–water partition coefficient (Wildman–Crippen LogP) is 4.24. The van der Waals surface area contributed by atoms with Crippen molar-refractivity contribution in [1.29, 1.82) is 0 Å². The zero-order valence-electron chi connectivity index (χ0n) is 16.6. The molecule has 2 aromatic carbocycles. The molecule has 0 radical (unpaired) electrons. The lowest BCUT2D eigenvalue weighted by molar-refractivity contribution is -0.140. The maximum Gasteiger partial charge on any atom is 0.338 e. The number of carbonyl (C=O) groups excluding carboxylic acids is 1. The second-order valence-electron chi connectivity index (χ2n) is 6.76. The first-order chi connectivity index (χ1) is 14.1. The maximum atomic E-state index is 13.0. The van der Waals surface area contributed by atoms with E-state index < -0.39 is 0 Å². The summed E-state index contributed by atoms with van der Waals surface area (Å²) in [6, 6.07) is 15.9. The fourth-order valence-corrected chi connectivity index (χ4v) is 4.03. The number of hydrogen-bond acceptors (Lipinski definition) is 6. The third-order valence-electron chi connectivity index (χ3n) is 5.00. The van der Waals surface area contributed by atoms with Crippen LogP contribution in [0.25, 0.3) is 11.0 Å². The SMILES string of the molecule is COCCOC(=O)C1=C(C)Nc2nc3ccccc3n2[C@@H]1c1ccc(SC)cc1. The number of rotatable bonds is 6. The average molecular weight is 410 g/mol. The minimum atomic E-state index is -0.352.